The average Bonchev–Trinajstić information content (AvgIpc) is 2.83. The van der Waals surface area contributed by atoms with E-state index in [1.165, 1.54) is 12.1 Å². The molecule has 1 heterocycles. The molecule has 0 saturated heterocycles. The fraction of sp³-hybridized carbons (Fsp3) is 0.308. The van der Waals surface area contributed by atoms with E-state index in [2.05, 4.69) is 14.9 Å². The molecule has 20 heavy (non-hydrogen) atoms. The summed E-state index contributed by atoms with van der Waals surface area (Å²) in [6.45, 7) is 4.14. The lowest BCUT2D eigenvalue weighted by Crippen LogP contribution is -2.03. The number of rotatable bonds is 6. The van der Waals surface area contributed by atoms with Gasteiger partial charge in [-0.05, 0) is 32.0 Å². The first kappa shape index (κ1) is 13.9. The number of hydrogen-bond acceptors (Lipinski definition) is 6. The van der Waals surface area contributed by atoms with E-state index in [4.69, 9.17) is 14.6 Å². The highest BCUT2D eigenvalue weighted by atomic mass is 16.6. The number of aryl methyl sites for hydroxylation is 1. The number of carboxylic acids is 1. The van der Waals surface area contributed by atoms with Crippen molar-refractivity contribution in [2.45, 2.75) is 20.5 Å². The number of carbonyl (C=O) groups is 1. The molecule has 0 bridgehead atoms. The van der Waals surface area contributed by atoms with Gasteiger partial charge in [0.25, 0.3) is 0 Å². The Balaban J connectivity index is 2.17. The summed E-state index contributed by atoms with van der Waals surface area (Å²) in [5.41, 5.74) is 1.36. The zero-order chi connectivity index (χ0) is 14.5. The van der Waals surface area contributed by atoms with Crippen LogP contribution in [0.3, 0.4) is 0 Å². The van der Waals surface area contributed by atoms with Crippen molar-refractivity contribution in [3.05, 3.63) is 35.2 Å². The predicted octanol–water partition coefficient (Wildman–Crippen LogP) is 2.05. The maximum atomic E-state index is 10.9. The third kappa shape index (κ3) is 3.05. The van der Waals surface area contributed by atoms with Gasteiger partial charge in [-0.25, -0.2) is 9.42 Å². The summed E-state index contributed by atoms with van der Waals surface area (Å²) in [7, 11) is 0. The minimum atomic E-state index is -1.02. The molecule has 0 spiro atoms. The molecule has 1 aromatic carbocycles. The summed E-state index contributed by atoms with van der Waals surface area (Å²) in [5, 5.41) is 16.3. The monoisotopic (exact) mass is 278 g/mol. The lowest BCUT2D eigenvalue weighted by molar-refractivity contribution is 0.0696. The number of ether oxygens (including phenoxy) is 2. The van der Waals surface area contributed by atoms with Crippen LogP contribution in [0.25, 0.3) is 0 Å². The number of benzene rings is 1. The van der Waals surface area contributed by atoms with Crippen LogP contribution in [0.4, 0.5) is 0 Å². The Morgan fingerprint density at radius 2 is 2.10 bits per heavy atom. The standard InChI is InChI=1S/C13H14N2O5/c1-3-18-12-6-9(13(16)17)4-5-11(12)19-7-10-8(2)14-20-15-10/h4-6H,3,7H2,1-2H3,(H,16,17). The van der Waals surface area contributed by atoms with Crippen LogP contribution in [0.15, 0.2) is 22.8 Å². The van der Waals surface area contributed by atoms with Crippen molar-refractivity contribution >= 4 is 5.97 Å². The highest BCUT2D eigenvalue weighted by Crippen LogP contribution is 2.29. The molecule has 0 unspecified atom stereocenters. The largest absolute Gasteiger partial charge is 0.490 e. The number of nitrogens with zero attached hydrogens (tertiary/aromatic N) is 2. The number of aromatic carboxylic acids is 1. The first-order chi connectivity index (χ1) is 9.61. The maximum Gasteiger partial charge on any atom is 0.335 e. The van der Waals surface area contributed by atoms with Crippen molar-refractivity contribution in [1.82, 2.24) is 10.3 Å². The van der Waals surface area contributed by atoms with Crippen LogP contribution in [0.5, 0.6) is 11.5 Å². The molecule has 0 aliphatic heterocycles. The van der Waals surface area contributed by atoms with Crippen molar-refractivity contribution in [2.75, 3.05) is 6.61 Å². The zero-order valence-corrected chi connectivity index (χ0v) is 11.1. The SMILES string of the molecule is CCOc1cc(C(=O)O)ccc1OCc1nonc1C. The van der Waals surface area contributed by atoms with Gasteiger partial charge >= 0.3 is 5.97 Å². The Hall–Kier alpha value is -2.57. The van der Waals surface area contributed by atoms with E-state index in [1.807, 2.05) is 6.92 Å². The van der Waals surface area contributed by atoms with Crippen LogP contribution in [0, 0.1) is 6.92 Å². The van der Waals surface area contributed by atoms with Crippen LogP contribution in [-0.2, 0) is 6.61 Å². The molecule has 1 aromatic heterocycles. The summed E-state index contributed by atoms with van der Waals surface area (Å²) in [6, 6.07) is 4.43. The topological polar surface area (TPSA) is 94.7 Å². The smallest absolute Gasteiger partial charge is 0.335 e. The van der Waals surface area contributed by atoms with Gasteiger partial charge in [-0.3, -0.25) is 0 Å². The Kier molecular flexibility index (Phi) is 4.19. The molecule has 0 saturated carbocycles. The van der Waals surface area contributed by atoms with Crippen molar-refractivity contribution in [3.63, 3.8) is 0 Å². The second-order valence-corrected chi connectivity index (χ2v) is 3.98. The van der Waals surface area contributed by atoms with E-state index in [0.29, 0.717) is 29.5 Å². The third-order valence-electron chi connectivity index (χ3n) is 2.60. The molecule has 0 atom stereocenters. The van der Waals surface area contributed by atoms with Crippen molar-refractivity contribution in [1.29, 1.82) is 0 Å². The fourth-order valence-electron chi connectivity index (χ4n) is 1.56. The van der Waals surface area contributed by atoms with Crippen LogP contribution < -0.4 is 9.47 Å². The van der Waals surface area contributed by atoms with Gasteiger partial charge in [0.2, 0.25) is 0 Å². The number of hydrogen-bond donors (Lipinski definition) is 1. The third-order valence-corrected chi connectivity index (χ3v) is 2.60. The summed E-state index contributed by atoms with van der Waals surface area (Å²) in [6.07, 6.45) is 0. The van der Waals surface area contributed by atoms with Gasteiger partial charge in [0.05, 0.1) is 12.2 Å². The Bertz CT molecular complexity index is 609. The molecule has 2 rings (SSSR count). The number of carboxylic acid groups (broad SMARTS) is 1. The van der Waals surface area contributed by atoms with E-state index < -0.39 is 5.97 Å². The molecule has 106 valence electrons. The molecule has 0 radical (unpaired) electrons. The molecule has 0 fully saturated rings. The van der Waals surface area contributed by atoms with Crippen molar-refractivity contribution in [3.8, 4) is 11.5 Å². The molecule has 0 amide bonds. The first-order valence-electron chi connectivity index (χ1n) is 6.02. The van der Waals surface area contributed by atoms with Crippen LogP contribution in [0.2, 0.25) is 0 Å². The van der Waals surface area contributed by atoms with Gasteiger partial charge in [-0.2, -0.15) is 0 Å². The fourth-order valence-corrected chi connectivity index (χ4v) is 1.56. The summed E-state index contributed by atoms with van der Waals surface area (Å²) < 4.78 is 15.5. The number of aromatic nitrogens is 2. The van der Waals surface area contributed by atoms with Gasteiger partial charge in [0.15, 0.2) is 11.5 Å². The molecular weight excluding hydrogens is 264 g/mol. The highest BCUT2D eigenvalue weighted by Gasteiger charge is 2.12. The van der Waals surface area contributed by atoms with E-state index >= 15 is 0 Å². The lowest BCUT2D eigenvalue weighted by Gasteiger charge is -2.11. The average molecular weight is 278 g/mol. The quantitative estimate of drug-likeness (QED) is 0.863. The molecule has 0 aliphatic carbocycles. The van der Waals surface area contributed by atoms with Gasteiger partial charge in [-0.1, -0.05) is 10.3 Å². The van der Waals surface area contributed by atoms with Crippen LogP contribution >= 0.6 is 0 Å². The van der Waals surface area contributed by atoms with Gasteiger partial charge in [0, 0.05) is 0 Å². The predicted molar refractivity (Wildman–Crippen MR) is 67.9 cm³/mol. The van der Waals surface area contributed by atoms with Crippen LogP contribution in [0.1, 0.15) is 28.7 Å². The first-order valence-corrected chi connectivity index (χ1v) is 6.02. The lowest BCUT2D eigenvalue weighted by atomic mass is 10.2. The van der Waals surface area contributed by atoms with E-state index in [1.54, 1.807) is 13.0 Å². The van der Waals surface area contributed by atoms with E-state index in [-0.39, 0.29) is 12.2 Å². The normalized spacial score (nSPS) is 10.3. The molecule has 1 N–H and O–H groups in total. The van der Waals surface area contributed by atoms with E-state index in [0.717, 1.165) is 0 Å². The van der Waals surface area contributed by atoms with Crippen LogP contribution in [-0.4, -0.2) is 28.0 Å². The second-order valence-electron chi connectivity index (χ2n) is 3.98. The molecule has 7 nitrogen and oxygen atoms in total. The van der Waals surface area contributed by atoms with Gasteiger partial charge < -0.3 is 14.6 Å². The Labute approximate surface area is 115 Å². The van der Waals surface area contributed by atoms with Gasteiger partial charge in [-0.15, -0.1) is 0 Å². The Morgan fingerprint density at radius 1 is 1.30 bits per heavy atom. The molecule has 0 aliphatic rings. The minimum absolute atomic E-state index is 0.139. The maximum absolute atomic E-state index is 10.9. The summed E-state index contributed by atoms with van der Waals surface area (Å²) in [4.78, 5) is 10.9. The molecule has 7 heteroatoms. The van der Waals surface area contributed by atoms with E-state index in [9.17, 15) is 4.79 Å². The Morgan fingerprint density at radius 3 is 2.70 bits per heavy atom. The van der Waals surface area contributed by atoms with Crippen molar-refractivity contribution in [2.24, 2.45) is 0 Å². The second kappa shape index (κ2) is 6.05. The summed E-state index contributed by atoms with van der Waals surface area (Å²) >= 11 is 0. The minimum Gasteiger partial charge on any atom is -0.490 e. The highest BCUT2D eigenvalue weighted by molar-refractivity contribution is 5.88. The van der Waals surface area contributed by atoms with Gasteiger partial charge in [0.1, 0.15) is 18.0 Å². The zero-order valence-electron chi connectivity index (χ0n) is 11.1. The summed E-state index contributed by atoms with van der Waals surface area (Å²) in [5.74, 6) is -0.199. The molecular formula is C13H14N2O5. The molecule has 2 aromatic rings. The van der Waals surface area contributed by atoms with Crippen molar-refractivity contribution < 1.29 is 24.0 Å².